The van der Waals surface area contributed by atoms with Crippen LogP contribution in [0.4, 0.5) is 0 Å². The zero-order valence-corrected chi connectivity index (χ0v) is 10.7. The van der Waals surface area contributed by atoms with Gasteiger partial charge in [0.1, 0.15) is 5.78 Å². The van der Waals surface area contributed by atoms with Crippen molar-refractivity contribution >= 4 is 11.7 Å². The van der Waals surface area contributed by atoms with Gasteiger partial charge < -0.3 is 10.2 Å². The first kappa shape index (κ1) is 12.6. The van der Waals surface area contributed by atoms with Crippen LogP contribution in [0.1, 0.15) is 45.4 Å². The van der Waals surface area contributed by atoms with Crippen molar-refractivity contribution in [3.8, 4) is 0 Å². The minimum atomic E-state index is -0.106. The van der Waals surface area contributed by atoms with Gasteiger partial charge in [-0.2, -0.15) is 0 Å². The highest BCUT2D eigenvalue weighted by atomic mass is 16.2. The number of rotatable bonds is 3. The van der Waals surface area contributed by atoms with Gasteiger partial charge in [0.25, 0.3) is 0 Å². The fourth-order valence-corrected chi connectivity index (χ4v) is 3.24. The van der Waals surface area contributed by atoms with Gasteiger partial charge in [-0.25, -0.2) is 0 Å². The second kappa shape index (κ2) is 5.17. The lowest BCUT2D eigenvalue weighted by Gasteiger charge is -2.47. The maximum absolute atomic E-state index is 11.6. The molecular formula is C13H22N2O2. The van der Waals surface area contributed by atoms with Crippen LogP contribution in [0.25, 0.3) is 0 Å². The summed E-state index contributed by atoms with van der Waals surface area (Å²) in [5.74, 6) is -0.166. The van der Waals surface area contributed by atoms with Gasteiger partial charge in [-0.3, -0.25) is 9.59 Å². The Morgan fingerprint density at radius 1 is 1.24 bits per heavy atom. The van der Waals surface area contributed by atoms with Gasteiger partial charge in [0, 0.05) is 18.1 Å². The number of hydrogen-bond donors (Lipinski definition) is 1. The number of nitrogens with one attached hydrogen (secondary N) is 1. The summed E-state index contributed by atoms with van der Waals surface area (Å²) in [7, 11) is 2.20. The van der Waals surface area contributed by atoms with E-state index < -0.39 is 0 Å². The van der Waals surface area contributed by atoms with Gasteiger partial charge in [0.05, 0.1) is 6.42 Å². The Labute approximate surface area is 103 Å². The van der Waals surface area contributed by atoms with E-state index in [2.05, 4.69) is 17.3 Å². The lowest BCUT2D eigenvalue weighted by atomic mass is 9.82. The van der Waals surface area contributed by atoms with Crippen molar-refractivity contribution in [1.82, 2.24) is 10.2 Å². The Kier molecular flexibility index (Phi) is 3.82. The Bertz CT molecular complexity index is 303. The highest BCUT2D eigenvalue weighted by Crippen LogP contribution is 2.32. The van der Waals surface area contributed by atoms with Crippen molar-refractivity contribution < 1.29 is 9.59 Å². The third-order valence-corrected chi connectivity index (χ3v) is 4.11. The van der Waals surface area contributed by atoms with E-state index in [-0.39, 0.29) is 24.2 Å². The van der Waals surface area contributed by atoms with Crippen LogP contribution >= 0.6 is 0 Å². The second-order valence-electron chi connectivity index (χ2n) is 5.52. The number of nitrogens with zero attached hydrogens (tertiary/aromatic N) is 1. The molecule has 0 saturated carbocycles. The Morgan fingerprint density at radius 3 is 2.35 bits per heavy atom. The van der Waals surface area contributed by atoms with Crippen molar-refractivity contribution in [1.29, 1.82) is 0 Å². The van der Waals surface area contributed by atoms with Gasteiger partial charge in [-0.15, -0.1) is 0 Å². The molecule has 1 amide bonds. The Hall–Kier alpha value is -0.900. The topological polar surface area (TPSA) is 49.4 Å². The van der Waals surface area contributed by atoms with E-state index in [1.54, 1.807) is 0 Å². The van der Waals surface area contributed by atoms with Crippen LogP contribution in [0.15, 0.2) is 0 Å². The zero-order chi connectivity index (χ0) is 12.4. The highest BCUT2D eigenvalue weighted by molar-refractivity contribution is 5.96. The number of fused-ring (bicyclic) bond motifs is 2. The molecule has 17 heavy (non-hydrogen) atoms. The molecular weight excluding hydrogens is 216 g/mol. The quantitative estimate of drug-likeness (QED) is 0.749. The number of ketones is 1. The zero-order valence-electron chi connectivity index (χ0n) is 10.7. The van der Waals surface area contributed by atoms with Crippen molar-refractivity contribution in [2.24, 2.45) is 0 Å². The summed E-state index contributed by atoms with van der Waals surface area (Å²) in [6.07, 6.45) is 5.90. The smallest absolute Gasteiger partial charge is 0.227 e. The lowest BCUT2D eigenvalue weighted by Crippen LogP contribution is -2.55. The first-order valence-electron chi connectivity index (χ1n) is 6.57. The van der Waals surface area contributed by atoms with Crippen molar-refractivity contribution in [3.63, 3.8) is 0 Å². The Balaban J connectivity index is 1.87. The van der Waals surface area contributed by atoms with Crippen LogP contribution < -0.4 is 5.32 Å². The predicted octanol–water partition coefficient (Wildman–Crippen LogP) is 1.10. The molecule has 0 spiro atoms. The van der Waals surface area contributed by atoms with E-state index in [0.717, 1.165) is 12.8 Å². The summed E-state index contributed by atoms with van der Waals surface area (Å²) in [5, 5.41) is 3.01. The average molecular weight is 238 g/mol. The summed E-state index contributed by atoms with van der Waals surface area (Å²) in [6.45, 7) is 1.46. The Morgan fingerprint density at radius 2 is 1.82 bits per heavy atom. The first-order valence-corrected chi connectivity index (χ1v) is 6.57. The SMILES string of the molecule is CC(=O)CC(=O)NC1CC2CCCC(C1)N2C. The molecule has 2 bridgehead atoms. The first-order chi connectivity index (χ1) is 8.06. The minimum Gasteiger partial charge on any atom is -0.353 e. The molecule has 2 saturated heterocycles. The molecule has 2 fully saturated rings. The molecule has 0 aromatic rings. The van der Waals surface area contributed by atoms with Crippen LogP contribution in [0, 0.1) is 0 Å². The molecule has 2 rings (SSSR count). The average Bonchev–Trinajstić information content (AvgIpc) is 2.18. The van der Waals surface area contributed by atoms with Crippen LogP contribution in [0.5, 0.6) is 0 Å². The monoisotopic (exact) mass is 238 g/mol. The molecule has 0 aromatic heterocycles. The number of Topliss-reactive ketones (excluding diaryl/α,β-unsaturated/α-hetero) is 1. The van der Waals surface area contributed by atoms with Crippen LogP contribution in [-0.4, -0.2) is 41.8 Å². The van der Waals surface area contributed by atoms with Gasteiger partial charge >= 0.3 is 0 Å². The molecule has 0 radical (unpaired) electrons. The maximum atomic E-state index is 11.6. The number of piperidine rings is 2. The molecule has 0 aliphatic carbocycles. The largest absolute Gasteiger partial charge is 0.353 e. The molecule has 2 atom stereocenters. The number of carbonyl (C=O) groups is 2. The standard InChI is InChI=1S/C13H22N2O2/c1-9(16)6-13(17)14-10-7-11-4-3-5-12(8-10)15(11)2/h10-12H,3-8H2,1-2H3,(H,14,17). The normalized spacial score (nSPS) is 33.2. The van der Waals surface area contributed by atoms with Crippen LogP contribution in [0.2, 0.25) is 0 Å². The van der Waals surface area contributed by atoms with E-state index in [0.29, 0.717) is 12.1 Å². The van der Waals surface area contributed by atoms with E-state index in [1.807, 2.05) is 0 Å². The van der Waals surface area contributed by atoms with Crippen molar-refractivity contribution in [2.75, 3.05) is 7.05 Å². The number of hydrogen-bond acceptors (Lipinski definition) is 3. The van der Waals surface area contributed by atoms with E-state index in [1.165, 1.54) is 26.2 Å². The van der Waals surface area contributed by atoms with Gasteiger partial charge in [-0.1, -0.05) is 6.42 Å². The van der Waals surface area contributed by atoms with E-state index in [4.69, 9.17) is 0 Å². The summed E-state index contributed by atoms with van der Waals surface area (Å²) in [4.78, 5) is 24.9. The van der Waals surface area contributed by atoms with Crippen LogP contribution in [0.3, 0.4) is 0 Å². The fraction of sp³-hybridized carbons (Fsp3) is 0.846. The summed E-state index contributed by atoms with van der Waals surface area (Å²) in [6, 6.07) is 1.50. The third-order valence-electron chi connectivity index (χ3n) is 4.11. The molecule has 1 N–H and O–H groups in total. The van der Waals surface area contributed by atoms with Crippen molar-refractivity contribution in [3.05, 3.63) is 0 Å². The van der Waals surface area contributed by atoms with E-state index >= 15 is 0 Å². The van der Waals surface area contributed by atoms with Gasteiger partial charge in [-0.05, 0) is 39.7 Å². The summed E-state index contributed by atoms with van der Waals surface area (Å²) < 4.78 is 0. The number of amides is 1. The molecule has 2 heterocycles. The molecule has 2 unspecified atom stereocenters. The second-order valence-corrected chi connectivity index (χ2v) is 5.52. The molecule has 4 nitrogen and oxygen atoms in total. The number of carbonyl (C=O) groups excluding carboxylic acids is 2. The van der Waals surface area contributed by atoms with Gasteiger partial charge in [0.2, 0.25) is 5.91 Å². The summed E-state index contributed by atoms with van der Waals surface area (Å²) >= 11 is 0. The van der Waals surface area contributed by atoms with E-state index in [9.17, 15) is 9.59 Å². The molecule has 0 aromatic carbocycles. The molecule has 4 heteroatoms. The maximum Gasteiger partial charge on any atom is 0.227 e. The summed E-state index contributed by atoms with van der Waals surface area (Å²) in [5.41, 5.74) is 0. The minimum absolute atomic E-state index is 0.0294. The molecule has 2 aliphatic heterocycles. The van der Waals surface area contributed by atoms with Crippen molar-refractivity contribution in [2.45, 2.75) is 63.6 Å². The predicted molar refractivity (Wildman–Crippen MR) is 65.7 cm³/mol. The molecule has 96 valence electrons. The third kappa shape index (κ3) is 3.06. The highest BCUT2D eigenvalue weighted by Gasteiger charge is 2.36. The lowest BCUT2D eigenvalue weighted by molar-refractivity contribution is -0.128. The van der Waals surface area contributed by atoms with Gasteiger partial charge in [0.15, 0.2) is 0 Å². The molecule has 2 aliphatic rings. The van der Waals surface area contributed by atoms with Crippen LogP contribution in [-0.2, 0) is 9.59 Å². The fourth-order valence-electron chi connectivity index (χ4n) is 3.24.